The number of hydrogen-bond acceptors (Lipinski definition) is 3. The van der Waals surface area contributed by atoms with E-state index in [4.69, 9.17) is 16.3 Å². The van der Waals surface area contributed by atoms with Crippen molar-refractivity contribution in [2.45, 2.75) is 12.7 Å². The highest BCUT2D eigenvalue weighted by Crippen LogP contribution is 2.32. The van der Waals surface area contributed by atoms with Crippen molar-refractivity contribution in [2.75, 3.05) is 39.4 Å². The Labute approximate surface area is 142 Å². The minimum absolute atomic E-state index is 0.0162. The molecule has 2 fully saturated rings. The van der Waals surface area contributed by atoms with E-state index in [1.54, 1.807) is 9.91 Å². The zero-order valence-electron chi connectivity index (χ0n) is 12.9. The van der Waals surface area contributed by atoms with Gasteiger partial charge < -0.3 is 9.64 Å². The number of rotatable bonds is 3. The Kier molecular flexibility index (Phi) is 4.89. The van der Waals surface area contributed by atoms with Crippen molar-refractivity contribution in [1.82, 2.24) is 14.9 Å². The number of morpholine rings is 1. The summed E-state index contributed by atoms with van der Waals surface area (Å²) in [4.78, 5) is 14.1. The molecule has 2 amide bonds. The fourth-order valence-corrected chi connectivity index (χ4v) is 3.07. The van der Waals surface area contributed by atoms with Crippen LogP contribution in [0.1, 0.15) is 11.1 Å². The second-order valence-corrected chi connectivity index (χ2v) is 6.10. The van der Waals surface area contributed by atoms with Crippen LogP contribution in [0, 0.1) is 0 Å². The molecule has 5 nitrogen and oxygen atoms in total. The molecule has 0 spiro atoms. The van der Waals surface area contributed by atoms with Crippen LogP contribution in [0.25, 0.3) is 0 Å². The minimum atomic E-state index is -4.43. The predicted octanol–water partition coefficient (Wildman–Crippen LogP) is 2.84. The molecule has 2 aliphatic heterocycles. The van der Waals surface area contributed by atoms with Gasteiger partial charge in [0.05, 0.1) is 25.3 Å². The van der Waals surface area contributed by atoms with Crippen molar-refractivity contribution < 1.29 is 22.7 Å². The average molecular weight is 364 g/mol. The normalized spacial score (nSPS) is 20.1. The smallest absolute Gasteiger partial charge is 0.379 e. The van der Waals surface area contributed by atoms with Gasteiger partial charge in [0.2, 0.25) is 0 Å². The number of hydrazine groups is 1. The lowest BCUT2D eigenvalue weighted by Gasteiger charge is -2.34. The Morgan fingerprint density at radius 2 is 1.83 bits per heavy atom. The van der Waals surface area contributed by atoms with Gasteiger partial charge in [-0.1, -0.05) is 17.7 Å². The Balaban J connectivity index is 1.67. The number of benzene rings is 1. The summed E-state index contributed by atoms with van der Waals surface area (Å²) in [6.07, 6.45) is -4.43. The summed E-state index contributed by atoms with van der Waals surface area (Å²) in [6, 6.07) is 3.06. The van der Waals surface area contributed by atoms with E-state index in [1.807, 2.05) is 5.01 Å². The summed E-state index contributed by atoms with van der Waals surface area (Å²) in [5, 5.41) is 3.63. The van der Waals surface area contributed by atoms with Gasteiger partial charge in [-0.2, -0.15) is 13.2 Å². The zero-order chi connectivity index (χ0) is 17.3. The van der Waals surface area contributed by atoms with Crippen LogP contribution < -0.4 is 0 Å². The van der Waals surface area contributed by atoms with Crippen molar-refractivity contribution in [2.24, 2.45) is 0 Å². The van der Waals surface area contributed by atoms with Crippen LogP contribution in [-0.2, 0) is 17.5 Å². The quantitative estimate of drug-likeness (QED) is 0.828. The Bertz CT molecular complexity index is 620. The maximum atomic E-state index is 12.7. The lowest BCUT2D eigenvalue weighted by molar-refractivity contribution is -0.137. The molecule has 2 aliphatic rings. The number of hydrogen-bond donors (Lipinski definition) is 0. The van der Waals surface area contributed by atoms with Gasteiger partial charge in [-0.05, 0) is 17.7 Å². The Morgan fingerprint density at radius 3 is 2.46 bits per heavy atom. The summed E-state index contributed by atoms with van der Waals surface area (Å²) in [6.45, 7) is 3.71. The second-order valence-electron chi connectivity index (χ2n) is 5.70. The van der Waals surface area contributed by atoms with Crippen LogP contribution in [0.3, 0.4) is 0 Å². The highest BCUT2D eigenvalue weighted by atomic mass is 35.5. The van der Waals surface area contributed by atoms with Gasteiger partial charge in [-0.15, -0.1) is 0 Å². The molecule has 2 heterocycles. The molecule has 0 bridgehead atoms. The summed E-state index contributed by atoms with van der Waals surface area (Å²) in [7, 11) is 0. The third-order valence-electron chi connectivity index (χ3n) is 4.14. The number of ether oxygens (including phenoxy) is 1. The van der Waals surface area contributed by atoms with Gasteiger partial charge in [0.1, 0.15) is 0 Å². The van der Waals surface area contributed by atoms with Crippen molar-refractivity contribution in [1.29, 1.82) is 0 Å². The molecule has 0 aliphatic carbocycles. The molecular formula is C15H17ClF3N3O2. The molecule has 0 aromatic heterocycles. The Morgan fingerprint density at radius 1 is 1.12 bits per heavy atom. The molecule has 2 saturated heterocycles. The summed E-state index contributed by atoms with van der Waals surface area (Å²) in [5.74, 6) is 0. The van der Waals surface area contributed by atoms with Crippen LogP contribution in [0.2, 0.25) is 5.02 Å². The SMILES string of the molecule is O=C1N(Cc2ccc(C(F)(F)F)cc2Cl)CCN1N1CCOCC1. The molecule has 24 heavy (non-hydrogen) atoms. The average Bonchev–Trinajstić information content (AvgIpc) is 2.90. The van der Waals surface area contributed by atoms with Gasteiger partial charge in [0.15, 0.2) is 0 Å². The van der Waals surface area contributed by atoms with E-state index in [-0.39, 0.29) is 17.6 Å². The second kappa shape index (κ2) is 6.78. The number of amides is 2. The molecule has 0 saturated carbocycles. The zero-order valence-corrected chi connectivity index (χ0v) is 13.6. The fourth-order valence-electron chi connectivity index (χ4n) is 2.83. The van der Waals surface area contributed by atoms with E-state index in [0.717, 1.165) is 12.1 Å². The highest BCUT2D eigenvalue weighted by Gasteiger charge is 2.34. The number of carbonyl (C=O) groups is 1. The van der Waals surface area contributed by atoms with Crippen molar-refractivity contribution in [3.8, 4) is 0 Å². The molecule has 0 N–H and O–H groups in total. The molecule has 1 aromatic rings. The first-order chi connectivity index (χ1) is 11.4. The third kappa shape index (κ3) is 3.60. The standard InChI is InChI=1S/C15H17ClF3N3O2/c16-13-9-12(15(17,18)19)2-1-11(13)10-20-3-4-22(14(20)23)21-5-7-24-8-6-21/h1-2,9H,3-8,10H2. The predicted molar refractivity (Wildman–Crippen MR) is 81.4 cm³/mol. The van der Waals surface area contributed by atoms with Crippen LogP contribution in [0.4, 0.5) is 18.0 Å². The van der Waals surface area contributed by atoms with Gasteiger partial charge in [0.25, 0.3) is 0 Å². The van der Waals surface area contributed by atoms with E-state index in [0.29, 0.717) is 45.0 Å². The number of carbonyl (C=O) groups excluding carboxylic acids is 1. The molecule has 3 rings (SSSR count). The van der Waals surface area contributed by atoms with Crippen LogP contribution >= 0.6 is 11.6 Å². The van der Waals surface area contributed by atoms with Crippen LogP contribution in [-0.4, -0.2) is 60.3 Å². The first-order valence-electron chi connectivity index (χ1n) is 7.61. The lowest BCUT2D eigenvalue weighted by Crippen LogP contribution is -2.50. The van der Waals surface area contributed by atoms with Crippen LogP contribution in [0.15, 0.2) is 18.2 Å². The molecule has 9 heteroatoms. The van der Waals surface area contributed by atoms with Crippen molar-refractivity contribution in [3.63, 3.8) is 0 Å². The molecular weight excluding hydrogens is 347 g/mol. The summed E-state index contributed by atoms with van der Waals surface area (Å²) in [5.41, 5.74) is -0.291. The van der Waals surface area contributed by atoms with Gasteiger partial charge >= 0.3 is 12.2 Å². The minimum Gasteiger partial charge on any atom is -0.379 e. The molecule has 0 radical (unpaired) electrons. The van der Waals surface area contributed by atoms with E-state index < -0.39 is 11.7 Å². The monoisotopic (exact) mass is 363 g/mol. The van der Waals surface area contributed by atoms with E-state index in [2.05, 4.69) is 0 Å². The number of alkyl halides is 3. The lowest BCUT2D eigenvalue weighted by atomic mass is 10.1. The third-order valence-corrected chi connectivity index (χ3v) is 4.50. The number of urea groups is 1. The maximum Gasteiger partial charge on any atom is 0.416 e. The van der Waals surface area contributed by atoms with E-state index >= 15 is 0 Å². The Hall–Kier alpha value is -1.51. The highest BCUT2D eigenvalue weighted by molar-refractivity contribution is 6.31. The fraction of sp³-hybridized carbons (Fsp3) is 0.533. The number of nitrogens with zero attached hydrogens (tertiary/aromatic N) is 3. The van der Waals surface area contributed by atoms with E-state index in [1.165, 1.54) is 6.07 Å². The molecule has 0 unspecified atom stereocenters. The van der Waals surface area contributed by atoms with Gasteiger partial charge in [-0.3, -0.25) is 5.01 Å². The first kappa shape index (κ1) is 17.3. The first-order valence-corrected chi connectivity index (χ1v) is 7.99. The largest absolute Gasteiger partial charge is 0.416 e. The van der Waals surface area contributed by atoms with Crippen LogP contribution in [0.5, 0.6) is 0 Å². The summed E-state index contributed by atoms with van der Waals surface area (Å²) < 4.78 is 43.3. The number of halogens is 4. The molecule has 1 aromatic carbocycles. The maximum absolute atomic E-state index is 12.7. The summed E-state index contributed by atoms with van der Waals surface area (Å²) >= 11 is 5.97. The van der Waals surface area contributed by atoms with Gasteiger partial charge in [-0.25, -0.2) is 9.80 Å². The molecule has 0 atom stereocenters. The van der Waals surface area contributed by atoms with Gasteiger partial charge in [0, 0.05) is 31.2 Å². The van der Waals surface area contributed by atoms with E-state index in [9.17, 15) is 18.0 Å². The van der Waals surface area contributed by atoms with Crippen molar-refractivity contribution >= 4 is 17.6 Å². The van der Waals surface area contributed by atoms with Crippen molar-refractivity contribution in [3.05, 3.63) is 34.3 Å². The molecule has 132 valence electrons. The topological polar surface area (TPSA) is 36.0 Å².